The number of benzene rings is 2. The summed E-state index contributed by atoms with van der Waals surface area (Å²) >= 11 is 0. The highest BCUT2D eigenvalue weighted by molar-refractivity contribution is 5.90. The quantitative estimate of drug-likeness (QED) is 0.498. The summed E-state index contributed by atoms with van der Waals surface area (Å²) in [6, 6.07) is 15.0. The maximum absolute atomic E-state index is 12.1. The molecule has 1 unspecified atom stereocenters. The molecule has 6 nitrogen and oxygen atoms in total. The van der Waals surface area contributed by atoms with Crippen molar-refractivity contribution in [2.75, 3.05) is 5.01 Å². The highest BCUT2D eigenvalue weighted by Gasteiger charge is 2.13. The first-order valence-corrected chi connectivity index (χ1v) is 10.0. The molecule has 0 spiro atoms. The second kappa shape index (κ2) is 11.3. The topological polar surface area (TPSA) is 89.9 Å². The summed E-state index contributed by atoms with van der Waals surface area (Å²) < 4.78 is 0. The number of amides is 1. The van der Waals surface area contributed by atoms with Gasteiger partial charge in [-0.15, -0.1) is 0 Å². The van der Waals surface area contributed by atoms with Gasteiger partial charge in [0.15, 0.2) is 0 Å². The number of carboxylic acid groups (broad SMARTS) is 1. The third-order valence-electron chi connectivity index (χ3n) is 4.74. The SMILES string of the molecule is CCCCC(O)c1ccc(N(NCc2cccc(CCC(=O)O)c2)C(C)=O)cc1. The predicted octanol–water partition coefficient (Wildman–Crippen LogP) is 3.99. The summed E-state index contributed by atoms with van der Waals surface area (Å²) in [5.74, 6) is -0.967. The van der Waals surface area contributed by atoms with Crippen LogP contribution in [-0.2, 0) is 22.6 Å². The van der Waals surface area contributed by atoms with Crippen molar-refractivity contribution in [3.63, 3.8) is 0 Å². The van der Waals surface area contributed by atoms with Crippen LogP contribution in [-0.4, -0.2) is 22.1 Å². The zero-order valence-electron chi connectivity index (χ0n) is 17.1. The molecule has 156 valence electrons. The number of carbonyl (C=O) groups excluding carboxylic acids is 1. The number of carbonyl (C=O) groups is 2. The van der Waals surface area contributed by atoms with Gasteiger partial charge in [0, 0.05) is 19.9 Å². The largest absolute Gasteiger partial charge is 0.481 e. The first-order valence-electron chi connectivity index (χ1n) is 10.0. The minimum absolute atomic E-state index is 0.0902. The lowest BCUT2D eigenvalue weighted by Gasteiger charge is -2.23. The number of aliphatic hydroxyl groups is 1. The molecule has 1 amide bonds. The normalized spacial score (nSPS) is 11.8. The van der Waals surface area contributed by atoms with Crippen LogP contribution in [0, 0.1) is 0 Å². The summed E-state index contributed by atoms with van der Waals surface area (Å²) in [5, 5.41) is 20.5. The van der Waals surface area contributed by atoms with Crippen LogP contribution in [0.3, 0.4) is 0 Å². The van der Waals surface area contributed by atoms with Crippen molar-refractivity contribution in [1.29, 1.82) is 0 Å². The van der Waals surface area contributed by atoms with Crippen LogP contribution in [0.15, 0.2) is 48.5 Å². The van der Waals surface area contributed by atoms with E-state index in [1.54, 1.807) is 0 Å². The fraction of sp³-hybridized carbons (Fsp3) is 0.391. The fourth-order valence-corrected chi connectivity index (χ4v) is 3.11. The third-order valence-corrected chi connectivity index (χ3v) is 4.74. The van der Waals surface area contributed by atoms with E-state index in [0.717, 1.165) is 36.0 Å². The Hall–Kier alpha value is -2.70. The zero-order valence-corrected chi connectivity index (χ0v) is 17.1. The lowest BCUT2D eigenvalue weighted by atomic mass is 10.0. The van der Waals surface area contributed by atoms with Crippen LogP contribution in [0.25, 0.3) is 0 Å². The first kappa shape index (κ1) is 22.6. The van der Waals surface area contributed by atoms with Gasteiger partial charge < -0.3 is 10.2 Å². The lowest BCUT2D eigenvalue weighted by Crippen LogP contribution is -2.41. The number of hydrogen-bond donors (Lipinski definition) is 3. The summed E-state index contributed by atoms with van der Waals surface area (Å²) in [4.78, 5) is 22.9. The molecule has 1 atom stereocenters. The molecule has 3 N–H and O–H groups in total. The maximum atomic E-state index is 12.1. The van der Waals surface area contributed by atoms with Crippen molar-refractivity contribution < 1.29 is 19.8 Å². The van der Waals surface area contributed by atoms with E-state index in [-0.39, 0.29) is 12.3 Å². The van der Waals surface area contributed by atoms with Crippen molar-refractivity contribution in [3.8, 4) is 0 Å². The molecule has 6 heteroatoms. The number of aliphatic carboxylic acids is 1. The van der Waals surface area contributed by atoms with E-state index in [0.29, 0.717) is 18.7 Å². The Morgan fingerprint density at radius 3 is 2.41 bits per heavy atom. The molecule has 0 aliphatic heterocycles. The van der Waals surface area contributed by atoms with E-state index >= 15 is 0 Å². The molecule has 0 saturated carbocycles. The fourth-order valence-electron chi connectivity index (χ4n) is 3.11. The Morgan fingerprint density at radius 2 is 1.79 bits per heavy atom. The molecule has 2 rings (SSSR count). The number of nitrogens with one attached hydrogen (secondary N) is 1. The van der Waals surface area contributed by atoms with Crippen molar-refractivity contribution in [2.45, 2.75) is 58.6 Å². The molecule has 0 saturated heterocycles. The molecule has 0 fully saturated rings. The van der Waals surface area contributed by atoms with Gasteiger partial charge in [-0.05, 0) is 41.7 Å². The van der Waals surface area contributed by atoms with Crippen molar-refractivity contribution in [1.82, 2.24) is 5.43 Å². The number of nitrogens with zero attached hydrogens (tertiary/aromatic N) is 1. The molecule has 2 aromatic carbocycles. The summed E-state index contributed by atoms with van der Waals surface area (Å²) in [6.45, 7) is 4.01. The molecular weight excluding hydrogens is 368 g/mol. The van der Waals surface area contributed by atoms with E-state index in [9.17, 15) is 14.7 Å². The highest BCUT2D eigenvalue weighted by atomic mass is 16.4. The molecule has 0 heterocycles. The van der Waals surface area contributed by atoms with Gasteiger partial charge >= 0.3 is 5.97 Å². The Bertz CT molecular complexity index is 805. The Balaban J connectivity index is 2.02. The third kappa shape index (κ3) is 7.33. The second-order valence-corrected chi connectivity index (χ2v) is 7.15. The number of aliphatic hydroxyl groups excluding tert-OH is 1. The Labute approximate surface area is 172 Å². The van der Waals surface area contributed by atoms with Crippen molar-refractivity contribution >= 4 is 17.6 Å². The first-order chi connectivity index (χ1) is 13.9. The zero-order chi connectivity index (χ0) is 21.2. The number of hydrogen-bond acceptors (Lipinski definition) is 4. The smallest absolute Gasteiger partial charge is 0.303 e. The van der Waals surface area contributed by atoms with Gasteiger partial charge in [-0.2, -0.15) is 0 Å². The van der Waals surface area contributed by atoms with Gasteiger partial charge in [0.05, 0.1) is 11.8 Å². The Morgan fingerprint density at radius 1 is 1.10 bits per heavy atom. The van der Waals surface area contributed by atoms with Gasteiger partial charge in [0.2, 0.25) is 5.91 Å². The molecule has 0 aliphatic rings. The van der Waals surface area contributed by atoms with Gasteiger partial charge in [-0.3, -0.25) is 9.59 Å². The summed E-state index contributed by atoms with van der Waals surface area (Å²) in [5.41, 5.74) is 6.59. The van der Waals surface area contributed by atoms with Crippen molar-refractivity contribution in [2.24, 2.45) is 0 Å². The number of anilines is 1. The minimum Gasteiger partial charge on any atom is -0.481 e. The lowest BCUT2D eigenvalue weighted by molar-refractivity contribution is -0.137. The minimum atomic E-state index is -0.820. The number of aryl methyl sites for hydroxylation is 1. The van der Waals surface area contributed by atoms with E-state index in [4.69, 9.17) is 5.11 Å². The Kier molecular flexibility index (Phi) is 8.83. The van der Waals surface area contributed by atoms with Crippen LogP contribution in [0.4, 0.5) is 5.69 Å². The number of hydrazine groups is 1. The van der Waals surface area contributed by atoms with Crippen LogP contribution < -0.4 is 10.4 Å². The maximum Gasteiger partial charge on any atom is 0.303 e. The van der Waals surface area contributed by atoms with Crippen LogP contribution in [0.2, 0.25) is 0 Å². The molecule has 0 radical (unpaired) electrons. The highest BCUT2D eigenvalue weighted by Crippen LogP contribution is 2.22. The molecular formula is C23H30N2O4. The summed E-state index contributed by atoms with van der Waals surface area (Å²) in [7, 11) is 0. The van der Waals surface area contributed by atoms with Gasteiger partial charge in [-0.1, -0.05) is 56.2 Å². The number of unbranched alkanes of at least 4 members (excludes halogenated alkanes) is 1. The molecule has 0 aliphatic carbocycles. The molecule has 0 bridgehead atoms. The molecule has 2 aromatic rings. The summed E-state index contributed by atoms with van der Waals surface area (Å²) in [6.07, 6.45) is 2.80. The molecule has 0 aromatic heterocycles. The van der Waals surface area contributed by atoms with E-state index in [2.05, 4.69) is 12.3 Å². The van der Waals surface area contributed by atoms with Gasteiger partial charge in [0.25, 0.3) is 0 Å². The van der Waals surface area contributed by atoms with Crippen LogP contribution in [0.1, 0.15) is 62.3 Å². The van der Waals surface area contributed by atoms with E-state index in [1.807, 2.05) is 48.5 Å². The standard InChI is InChI=1S/C23H30N2O4/c1-3-4-8-22(27)20-10-12-21(13-11-20)25(17(2)26)24-16-19-7-5-6-18(15-19)9-14-23(28)29/h5-7,10-13,15,22,24,27H,3-4,8-9,14,16H2,1-2H3,(H,28,29). The number of rotatable bonds is 11. The number of carboxylic acids is 1. The van der Waals surface area contributed by atoms with Crippen molar-refractivity contribution in [3.05, 3.63) is 65.2 Å². The predicted molar refractivity (Wildman–Crippen MR) is 113 cm³/mol. The van der Waals surface area contributed by atoms with Gasteiger partial charge in [-0.25, -0.2) is 10.4 Å². The van der Waals surface area contributed by atoms with Crippen LogP contribution in [0.5, 0.6) is 0 Å². The van der Waals surface area contributed by atoms with E-state index in [1.165, 1.54) is 11.9 Å². The van der Waals surface area contributed by atoms with Gasteiger partial charge in [0.1, 0.15) is 0 Å². The average molecular weight is 399 g/mol. The van der Waals surface area contributed by atoms with Crippen LogP contribution >= 0.6 is 0 Å². The van der Waals surface area contributed by atoms with E-state index < -0.39 is 12.1 Å². The molecule has 29 heavy (non-hydrogen) atoms. The monoisotopic (exact) mass is 398 g/mol. The average Bonchev–Trinajstić information content (AvgIpc) is 2.71. The second-order valence-electron chi connectivity index (χ2n) is 7.15.